The van der Waals surface area contributed by atoms with Gasteiger partial charge in [0.15, 0.2) is 0 Å². The van der Waals surface area contributed by atoms with Crippen LogP contribution in [0.1, 0.15) is 10.5 Å². The van der Waals surface area contributed by atoms with Crippen LogP contribution in [0.4, 0.5) is 0 Å². The lowest BCUT2D eigenvalue weighted by atomic mass is 10.3. The molecule has 2 rings (SSSR count). The monoisotopic (exact) mass is 190 g/mol. The first-order valence-corrected chi connectivity index (χ1v) is 4.24. The zero-order valence-electron chi connectivity index (χ0n) is 7.79. The van der Waals surface area contributed by atoms with Gasteiger partial charge >= 0.3 is 0 Å². The van der Waals surface area contributed by atoms with Crippen LogP contribution in [0.25, 0.3) is 0 Å². The second-order valence-corrected chi connectivity index (χ2v) is 3.03. The number of carbonyl (C=O) groups excluding carboxylic acids is 1. The first kappa shape index (κ1) is 8.68. The van der Waals surface area contributed by atoms with Gasteiger partial charge in [0.1, 0.15) is 5.69 Å². The average molecular weight is 190 g/mol. The summed E-state index contributed by atoms with van der Waals surface area (Å²) in [5.74, 6) is -0.0106. The Hall–Kier alpha value is -1.91. The number of ketones is 1. The van der Waals surface area contributed by atoms with Crippen LogP contribution in [0, 0.1) is 0 Å². The molecule has 0 aromatic carbocycles. The highest BCUT2D eigenvalue weighted by molar-refractivity contribution is 5.93. The smallest absolute Gasteiger partial charge is 0.202 e. The van der Waals surface area contributed by atoms with Gasteiger partial charge in [-0.25, -0.2) is 4.98 Å². The number of carbonyl (C=O) groups is 1. The molecule has 72 valence electrons. The number of imidazole rings is 1. The fourth-order valence-electron chi connectivity index (χ4n) is 1.19. The van der Waals surface area contributed by atoms with E-state index in [1.165, 1.54) is 0 Å². The lowest BCUT2D eigenvalue weighted by Gasteiger charge is -1.97. The molecule has 5 nitrogen and oxygen atoms in total. The Kier molecular flexibility index (Phi) is 2.14. The van der Waals surface area contributed by atoms with Crippen LogP contribution < -0.4 is 0 Å². The number of aromatic nitrogens is 4. The molecule has 0 aliphatic carbocycles. The minimum absolute atomic E-state index is 0.0106. The normalized spacial score (nSPS) is 10.4. The SMILES string of the molecule is Cn1ccc(C(=O)Cn2ccnc2)n1. The van der Waals surface area contributed by atoms with Gasteiger partial charge in [0.05, 0.1) is 12.9 Å². The molecule has 2 aromatic rings. The van der Waals surface area contributed by atoms with E-state index in [1.807, 2.05) is 0 Å². The molecule has 0 N–H and O–H groups in total. The van der Waals surface area contributed by atoms with E-state index in [1.54, 1.807) is 47.3 Å². The van der Waals surface area contributed by atoms with Crippen molar-refractivity contribution in [2.24, 2.45) is 7.05 Å². The number of nitrogens with zero attached hydrogens (tertiary/aromatic N) is 4. The highest BCUT2D eigenvalue weighted by Crippen LogP contribution is 1.98. The van der Waals surface area contributed by atoms with Gasteiger partial charge < -0.3 is 4.57 Å². The summed E-state index contributed by atoms with van der Waals surface area (Å²) in [4.78, 5) is 15.5. The highest BCUT2D eigenvalue weighted by atomic mass is 16.1. The topological polar surface area (TPSA) is 52.7 Å². The molecule has 0 atom stereocenters. The largest absolute Gasteiger partial charge is 0.330 e. The summed E-state index contributed by atoms with van der Waals surface area (Å²) in [6.45, 7) is 0.289. The van der Waals surface area contributed by atoms with Gasteiger partial charge in [-0.1, -0.05) is 0 Å². The molecule has 0 saturated heterocycles. The first-order valence-electron chi connectivity index (χ1n) is 4.24. The zero-order chi connectivity index (χ0) is 9.97. The summed E-state index contributed by atoms with van der Waals surface area (Å²) < 4.78 is 3.33. The lowest BCUT2D eigenvalue weighted by Crippen LogP contribution is -2.09. The number of Topliss-reactive ketones (excluding diaryl/α,β-unsaturated/α-hetero) is 1. The third kappa shape index (κ3) is 1.71. The Balaban J connectivity index is 2.10. The van der Waals surface area contributed by atoms with Crippen LogP contribution in [-0.4, -0.2) is 25.1 Å². The van der Waals surface area contributed by atoms with E-state index in [9.17, 15) is 4.79 Å². The summed E-state index contributed by atoms with van der Waals surface area (Å²) in [5, 5.41) is 4.02. The van der Waals surface area contributed by atoms with E-state index in [4.69, 9.17) is 0 Å². The fourth-order valence-corrected chi connectivity index (χ4v) is 1.19. The van der Waals surface area contributed by atoms with E-state index in [2.05, 4.69) is 10.1 Å². The van der Waals surface area contributed by atoms with Crippen LogP contribution in [-0.2, 0) is 13.6 Å². The first-order chi connectivity index (χ1) is 6.75. The zero-order valence-corrected chi connectivity index (χ0v) is 7.79. The molecule has 0 aliphatic heterocycles. The maximum Gasteiger partial charge on any atom is 0.202 e. The second kappa shape index (κ2) is 3.45. The molecule has 0 unspecified atom stereocenters. The molecule has 14 heavy (non-hydrogen) atoms. The van der Waals surface area contributed by atoms with Crippen molar-refractivity contribution >= 4 is 5.78 Å². The summed E-state index contributed by atoms with van der Waals surface area (Å²) in [6, 6.07) is 1.71. The molecule has 0 saturated carbocycles. The molecule has 5 heteroatoms. The summed E-state index contributed by atoms with van der Waals surface area (Å²) >= 11 is 0. The molecule has 0 radical (unpaired) electrons. The van der Waals surface area contributed by atoms with Crippen LogP contribution in [0.2, 0.25) is 0 Å². The minimum Gasteiger partial charge on any atom is -0.330 e. The Morgan fingerprint density at radius 1 is 1.50 bits per heavy atom. The maximum atomic E-state index is 11.6. The molecule has 2 aromatic heterocycles. The average Bonchev–Trinajstić information content (AvgIpc) is 2.75. The van der Waals surface area contributed by atoms with Crippen LogP contribution in [0.5, 0.6) is 0 Å². The van der Waals surface area contributed by atoms with Crippen molar-refractivity contribution in [1.29, 1.82) is 0 Å². The van der Waals surface area contributed by atoms with E-state index < -0.39 is 0 Å². The number of rotatable bonds is 3. The number of hydrogen-bond donors (Lipinski definition) is 0. The van der Waals surface area contributed by atoms with Crippen LogP contribution in [0.15, 0.2) is 31.0 Å². The summed E-state index contributed by atoms with van der Waals surface area (Å²) in [6.07, 6.45) is 6.76. The summed E-state index contributed by atoms with van der Waals surface area (Å²) in [5.41, 5.74) is 0.487. The van der Waals surface area contributed by atoms with Crippen LogP contribution in [0.3, 0.4) is 0 Å². The van der Waals surface area contributed by atoms with Crippen molar-refractivity contribution in [2.45, 2.75) is 6.54 Å². The second-order valence-electron chi connectivity index (χ2n) is 3.03. The third-order valence-corrected chi connectivity index (χ3v) is 1.88. The van der Waals surface area contributed by atoms with Gasteiger partial charge in [-0.3, -0.25) is 9.48 Å². The van der Waals surface area contributed by atoms with Gasteiger partial charge in [-0.05, 0) is 6.07 Å². The third-order valence-electron chi connectivity index (χ3n) is 1.88. The maximum absolute atomic E-state index is 11.6. The predicted octanol–water partition coefficient (Wildman–Crippen LogP) is 0.499. The standard InChI is InChI=1S/C9H10N4O/c1-12-4-2-8(11-12)9(14)6-13-5-3-10-7-13/h2-5,7H,6H2,1H3. The molecular formula is C9H10N4O. The van der Waals surface area contributed by atoms with Crippen molar-refractivity contribution in [3.63, 3.8) is 0 Å². The molecule has 0 amide bonds. The van der Waals surface area contributed by atoms with Crippen molar-refractivity contribution in [2.75, 3.05) is 0 Å². The Labute approximate surface area is 81.0 Å². The van der Waals surface area contributed by atoms with Gasteiger partial charge in [-0.2, -0.15) is 5.10 Å². The van der Waals surface area contributed by atoms with Crippen molar-refractivity contribution in [3.8, 4) is 0 Å². The Morgan fingerprint density at radius 2 is 2.36 bits per heavy atom. The quantitative estimate of drug-likeness (QED) is 0.662. The lowest BCUT2D eigenvalue weighted by molar-refractivity contribution is 0.0966. The Bertz CT molecular complexity index is 429. The van der Waals surface area contributed by atoms with Gasteiger partial charge in [0, 0.05) is 25.6 Å². The molecule has 0 spiro atoms. The number of aryl methyl sites for hydroxylation is 1. The Morgan fingerprint density at radius 3 is 2.93 bits per heavy atom. The molecule has 0 fully saturated rings. The van der Waals surface area contributed by atoms with E-state index in [0.29, 0.717) is 5.69 Å². The highest BCUT2D eigenvalue weighted by Gasteiger charge is 2.08. The van der Waals surface area contributed by atoms with Crippen LogP contribution >= 0.6 is 0 Å². The van der Waals surface area contributed by atoms with Gasteiger partial charge in [0.25, 0.3) is 0 Å². The van der Waals surface area contributed by atoms with Crippen molar-refractivity contribution < 1.29 is 4.79 Å². The van der Waals surface area contributed by atoms with E-state index >= 15 is 0 Å². The predicted molar refractivity (Wildman–Crippen MR) is 49.8 cm³/mol. The summed E-state index contributed by atoms with van der Waals surface area (Å²) in [7, 11) is 1.79. The van der Waals surface area contributed by atoms with E-state index in [-0.39, 0.29) is 12.3 Å². The fraction of sp³-hybridized carbons (Fsp3) is 0.222. The number of hydrogen-bond acceptors (Lipinski definition) is 3. The molecular weight excluding hydrogens is 180 g/mol. The van der Waals surface area contributed by atoms with Crippen molar-refractivity contribution in [1.82, 2.24) is 19.3 Å². The van der Waals surface area contributed by atoms with Gasteiger partial charge in [0.2, 0.25) is 5.78 Å². The van der Waals surface area contributed by atoms with Crippen molar-refractivity contribution in [3.05, 3.63) is 36.7 Å². The van der Waals surface area contributed by atoms with E-state index in [0.717, 1.165) is 0 Å². The molecule has 0 bridgehead atoms. The van der Waals surface area contributed by atoms with Gasteiger partial charge in [-0.15, -0.1) is 0 Å². The molecule has 2 heterocycles. The minimum atomic E-state index is -0.0106. The molecule has 0 aliphatic rings.